The number of aromatic nitrogens is 2. The van der Waals surface area contributed by atoms with E-state index < -0.39 is 0 Å². The van der Waals surface area contributed by atoms with E-state index in [0.29, 0.717) is 13.2 Å². The van der Waals surface area contributed by atoms with E-state index in [1.807, 2.05) is 18.2 Å². The zero-order chi connectivity index (χ0) is 16.8. The van der Waals surface area contributed by atoms with Crippen LogP contribution in [0.15, 0.2) is 47.3 Å². The highest BCUT2D eigenvalue weighted by Gasteiger charge is 2.21. The van der Waals surface area contributed by atoms with Crippen molar-refractivity contribution in [1.82, 2.24) is 20.4 Å². The number of nitrogens with one attached hydrogen (secondary N) is 2. The summed E-state index contributed by atoms with van der Waals surface area (Å²) in [6, 6.07) is 13.0. The molecule has 126 valence electrons. The molecular formula is C17H20N4O3. The van der Waals surface area contributed by atoms with Gasteiger partial charge in [-0.05, 0) is 11.6 Å². The lowest BCUT2D eigenvalue weighted by Gasteiger charge is -2.33. The Labute approximate surface area is 139 Å². The van der Waals surface area contributed by atoms with E-state index in [0.717, 1.165) is 19.6 Å². The highest BCUT2D eigenvalue weighted by atomic mass is 16.5. The van der Waals surface area contributed by atoms with Crippen molar-refractivity contribution in [3.05, 3.63) is 64.1 Å². The van der Waals surface area contributed by atoms with Gasteiger partial charge in [0.1, 0.15) is 5.69 Å². The van der Waals surface area contributed by atoms with Crippen LogP contribution in [0.3, 0.4) is 0 Å². The van der Waals surface area contributed by atoms with Gasteiger partial charge >= 0.3 is 0 Å². The Balaban J connectivity index is 1.49. The Morgan fingerprint density at radius 3 is 2.88 bits per heavy atom. The summed E-state index contributed by atoms with van der Waals surface area (Å²) in [5.74, 6) is -0.324. The fourth-order valence-electron chi connectivity index (χ4n) is 2.66. The van der Waals surface area contributed by atoms with Crippen molar-refractivity contribution in [2.75, 3.05) is 26.2 Å². The molecule has 0 unspecified atom stereocenters. The summed E-state index contributed by atoms with van der Waals surface area (Å²) in [5, 5.41) is 8.76. The topological polar surface area (TPSA) is 87.3 Å². The SMILES string of the molecule is O=C(NC[C@@H]1CN(Cc2ccccc2)CCO1)c1ccc(=O)[nH]n1. The minimum absolute atomic E-state index is 0.0610. The van der Waals surface area contributed by atoms with Gasteiger partial charge in [0.2, 0.25) is 0 Å². The van der Waals surface area contributed by atoms with Crippen LogP contribution in [0, 0.1) is 0 Å². The summed E-state index contributed by atoms with van der Waals surface area (Å²) in [6.45, 7) is 3.56. The number of aromatic amines is 1. The molecule has 1 aromatic carbocycles. The summed E-state index contributed by atoms with van der Waals surface area (Å²) in [6.07, 6.45) is -0.0610. The van der Waals surface area contributed by atoms with Gasteiger partial charge in [-0.3, -0.25) is 14.5 Å². The van der Waals surface area contributed by atoms with Gasteiger partial charge in [-0.15, -0.1) is 0 Å². The van der Waals surface area contributed by atoms with Crippen LogP contribution in [0.2, 0.25) is 0 Å². The summed E-state index contributed by atoms with van der Waals surface area (Å²) in [4.78, 5) is 25.3. The molecule has 2 N–H and O–H groups in total. The van der Waals surface area contributed by atoms with Crippen molar-refractivity contribution in [2.24, 2.45) is 0 Å². The quantitative estimate of drug-likeness (QED) is 0.830. The molecule has 0 saturated carbocycles. The second-order valence-corrected chi connectivity index (χ2v) is 5.73. The molecule has 1 atom stereocenters. The van der Waals surface area contributed by atoms with E-state index in [9.17, 15) is 9.59 Å². The van der Waals surface area contributed by atoms with E-state index in [1.54, 1.807) is 0 Å². The number of hydrogen-bond acceptors (Lipinski definition) is 5. The van der Waals surface area contributed by atoms with Crippen LogP contribution in [0.25, 0.3) is 0 Å². The average Bonchev–Trinajstić information content (AvgIpc) is 2.61. The first-order valence-corrected chi connectivity index (χ1v) is 7.92. The van der Waals surface area contributed by atoms with Gasteiger partial charge in [0, 0.05) is 32.2 Å². The standard InChI is InChI=1S/C17H20N4O3/c22-16-7-6-15(19-20-16)17(23)18-10-14-12-21(8-9-24-14)11-13-4-2-1-3-5-13/h1-7,14H,8-12H2,(H,18,23)(H,20,22)/t14-/m1/s1. The van der Waals surface area contributed by atoms with E-state index >= 15 is 0 Å². The van der Waals surface area contributed by atoms with E-state index in [-0.39, 0.29) is 23.3 Å². The zero-order valence-corrected chi connectivity index (χ0v) is 13.3. The molecule has 7 heteroatoms. The number of morpholine rings is 1. The molecule has 1 fully saturated rings. The number of hydrogen-bond donors (Lipinski definition) is 2. The Kier molecular flexibility index (Phi) is 5.35. The molecule has 1 aliphatic rings. The van der Waals surface area contributed by atoms with Crippen LogP contribution >= 0.6 is 0 Å². The van der Waals surface area contributed by atoms with Crippen LogP contribution in [0.4, 0.5) is 0 Å². The normalized spacial score (nSPS) is 18.2. The largest absolute Gasteiger partial charge is 0.374 e. The predicted octanol–water partition coefficient (Wildman–Crippen LogP) is 0.401. The monoisotopic (exact) mass is 328 g/mol. The summed E-state index contributed by atoms with van der Waals surface area (Å²) < 4.78 is 5.72. The average molecular weight is 328 g/mol. The molecule has 7 nitrogen and oxygen atoms in total. The Morgan fingerprint density at radius 2 is 2.12 bits per heavy atom. The third-order valence-corrected chi connectivity index (χ3v) is 3.87. The molecule has 0 spiro atoms. The maximum Gasteiger partial charge on any atom is 0.271 e. The maximum absolute atomic E-state index is 12.0. The van der Waals surface area contributed by atoms with Crippen molar-refractivity contribution >= 4 is 5.91 Å². The van der Waals surface area contributed by atoms with Crippen molar-refractivity contribution in [2.45, 2.75) is 12.6 Å². The second kappa shape index (κ2) is 7.85. The number of benzene rings is 1. The van der Waals surface area contributed by atoms with Crippen LogP contribution in [-0.2, 0) is 11.3 Å². The van der Waals surface area contributed by atoms with Crippen LogP contribution in [-0.4, -0.2) is 53.3 Å². The molecule has 0 aliphatic carbocycles. The Hall–Kier alpha value is -2.51. The fourth-order valence-corrected chi connectivity index (χ4v) is 2.66. The van der Waals surface area contributed by atoms with Gasteiger partial charge in [0.25, 0.3) is 11.5 Å². The smallest absolute Gasteiger partial charge is 0.271 e. The third-order valence-electron chi connectivity index (χ3n) is 3.87. The van der Waals surface area contributed by atoms with E-state index in [1.165, 1.54) is 17.7 Å². The number of ether oxygens (including phenoxy) is 1. The molecule has 0 radical (unpaired) electrons. The van der Waals surface area contributed by atoms with Gasteiger partial charge in [0.05, 0.1) is 12.7 Å². The molecule has 2 aromatic rings. The predicted molar refractivity (Wildman–Crippen MR) is 88.6 cm³/mol. The summed E-state index contributed by atoms with van der Waals surface area (Å²) in [5.41, 5.74) is 1.12. The minimum atomic E-state index is -0.335. The molecule has 2 heterocycles. The first-order valence-electron chi connectivity index (χ1n) is 7.92. The van der Waals surface area contributed by atoms with Gasteiger partial charge in [-0.2, -0.15) is 5.10 Å². The van der Waals surface area contributed by atoms with Crippen LogP contribution in [0.1, 0.15) is 16.1 Å². The molecule has 0 bridgehead atoms. The number of carbonyl (C=O) groups is 1. The van der Waals surface area contributed by atoms with Crippen molar-refractivity contribution < 1.29 is 9.53 Å². The molecule has 3 rings (SSSR count). The van der Waals surface area contributed by atoms with Gasteiger partial charge in [0.15, 0.2) is 0 Å². The number of rotatable bonds is 5. The maximum atomic E-state index is 12.0. The molecule has 1 aliphatic heterocycles. The molecule has 1 aromatic heterocycles. The van der Waals surface area contributed by atoms with Crippen molar-refractivity contribution in [3.8, 4) is 0 Å². The lowest BCUT2D eigenvalue weighted by atomic mass is 10.2. The summed E-state index contributed by atoms with van der Waals surface area (Å²) in [7, 11) is 0. The fraction of sp³-hybridized carbons (Fsp3) is 0.353. The van der Waals surface area contributed by atoms with Crippen LogP contribution < -0.4 is 10.9 Å². The van der Waals surface area contributed by atoms with Gasteiger partial charge in [-0.25, -0.2) is 5.10 Å². The van der Waals surface area contributed by atoms with Crippen molar-refractivity contribution in [1.29, 1.82) is 0 Å². The van der Waals surface area contributed by atoms with Gasteiger partial charge < -0.3 is 10.1 Å². The van der Waals surface area contributed by atoms with E-state index in [2.05, 4.69) is 32.5 Å². The highest BCUT2D eigenvalue weighted by molar-refractivity contribution is 5.91. The third kappa shape index (κ3) is 4.50. The Morgan fingerprint density at radius 1 is 1.29 bits per heavy atom. The number of amides is 1. The lowest BCUT2D eigenvalue weighted by Crippen LogP contribution is -2.47. The summed E-state index contributed by atoms with van der Waals surface area (Å²) >= 11 is 0. The number of carbonyl (C=O) groups excluding carboxylic acids is 1. The molecule has 1 saturated heterocycles. The van der Waals surface area contributed by atoms with E-state index in [4.69, 9.17) is 4.74 Å². The highest BCUT2D eigenvalue weighted by Crippen LogP contribution is 2.10. The number of H-pyrrole nitrogens is 1. The van der Waals surface area contributed by atoms with Crippen molar-refractivity contribution in [3.63, 3.8) is 0 Å². The second-order valence-electron chi connectivity index (χ2n) is 5.73. The Bertz CT molecular complexity index is 712. The lowest BCUT2D eigenvalue weighted by molar-refractivity contribution is -0.0292. The minimum Gasteiger partial charge on any atom is -0.374 e. The first-order chi connectivity index (χ1) is 11.7. The van der Waals surface area contributed by atoms with Crippen LogP contribution in [0.5, 0.6) is 0 Å². The molecule has 1 amide bonds. The molecule has 24 heavy (non-hydrogen) atoms. The first kappa shape index (κ1) is 16.4. The van der Waals surface area contributed by atoms with Gasteiger partial charge in [-0.1, -0.05) is 30.3 Å². The zero-order valence-electron chi connectivity index (χ0n) is 13.3. The molecular weight excluding hydrogens is 308 g/mol. The number of nitrogens with zero attached hydrogens (tertiary/aromatic N) is 2.